The zero-order valence-electron chi connectivity index (χ0n) is 10.5. The van der Waals surface area contributed by atoms with Crippen LogP contribution in [0.5, 0.6) is 0 Å². The Morgan fingerprint density at radius 1 is 1.37 bits per heavy atom. The molecule has 3 nitrogen and oxygen atoms in total. The smallest absolute Gasteiger partial charge is 0.125 e. The van der Waals surface area contributed by atoms with Crippen molar-refractivity contribution in [2.75, 3.05) is 11.9 Å². The van der Waals surface area contributed by atoms with Gasteiger partial charge in [0.2, 0.25) is 0 Å². The van der Waals surface area contributed by atoms with Crippen LogP contribution in [0.2, 0.25) is 0 Å². The highest BCUT2D eigenvalue weighted by atomic mass is 32.1. The van der Waals surface area contributed by atoms with E-state index in [4.69, 9.17) is 18.0 Å². The van der Waals surface area contributed by atoms with E-state index < -0.39 is 0 Å². The van der Waals surface area contributed by atoms with Gasteiger partial charge in [-0.2, -0.15) is 0 Å². The third kappa shape index (κ3) is 3.48. The molecule has 0 saturated heterocycles. The lowest BCUT2D eigenvalue weighted by Gasteiger charge is -2.19. The molecular formula is C14H14FN3S. The SMILES string of the molecule is CN(Cc1ccnc(C(N)=S)c1)c1cccc(F)c1. The van der Waals surface area contributed by atoms with Crippen molar-refractivity contribution >= 4 is 22.9 Å². The third-order valence-electron chi connectivity index (χ3n) is 2.75. The first-order valence-corrected chi connectivity index (χ1v) is 6.18. The Morgan fingerprint density at radius 3 is 2.84 bits per heavy atom. The number of hydrogen-bond donors (Lipinski definition) is 1. The zero-order valence-corrected chi connectivity index (χ0v) is 11.3. The number of hydrogen-bond acceptors (Lipinski definition) is 3. The molecule has 0 aliphatic rings. The van der Waals surface area contributed by atoms with Crippen LogP contribution in [-0.4, -0.2) is 17.0 Å². The Balaban J connectivity index is 2.17. The van der Waals surface area contributed by atoms with E-state index >= 15 is 0 Å². The van der Waals surface area contributed by atoms with Crippen molar-refractivity contribution in [3.05, 3.63) is 59.7 Å². The van der Waals surface area contributed by atoms with E-state index in [-0.39, 0.29) is 10.8 Å². The summed E-state index contributed by atoms with van der Waals surface area (Å²) in [5, 5.41) is 0. The summed E-state index contributed by atoms with van der Waals surface area (Å²) in [6.07, 6.45) is 1.67. The van der Waals surface area contributed by atoms with Crippen LogP contribution in [0.4, 0.5) is 10.1 Å². The van der Waals surface area contributed by atoms with Gasteiger partial charge >= 0.3 is 0 Å². The molecule has 1 aromatic heterocycles. The average Bonchev–Trinajstić information content (AvgIpc) is 2.39. The summed E-state index contributed by atoms with van der Waals surface area (Å²) in [6.45, 7) is 0.627. The van der Waals surface area contributed by atoms with Crippen LogP contribution in [0, 0.1) is 5.82 Å². The second kappa shape index (κ2) is 5.75. The Labute approximate surface area is 116 Å². The molecule has 0 aliphatic heterocycles. The predicted molar refractivity (Wildman–Crippen MR) is 78.6 cm³/mol. The standard InChI is InChI=1S/C14H14FN3S/c1-18(12-4-2-3-11(15)8-12)9-10-5-6-17-13(7-10)14(16)19/h2-8H,9H2,1H3,(H2,16,19). The summed E-state index contributed by atoms with van der Waals surface area (Å²) in [6, 6.07) is 10.2. The van der Waals surface area contributed by atoms with Crippen LogP contribution in [0.25, 0.3) is 0 Å². The molecule has 0 unspecified atom stereocenters. The number of aromatic nitrogens is 1. The molecule has 2 rings (SSSR count). The van der Waals surface area contributed by atoms with Gasteiger partial charge in [0.1, 0.15) is 10.8 Å². The van der Waals surface area contributed by atoms with Crippen LogP contribution in [0.3, 0.4) is 0 Å². The Morgan fingerprint density at radius 2 is 2.16 bits per heavy atom. The van der Waals surface area contributed by atoms with E-state index in [1.54, 1.807) is 12.3 Å². The number of thiocarbonyl (C=S) groups is 1. The van der Waals surface area contributed by atoms with Gasteiger partial charge in [0.15, 0.2) is 0 Å². The van der Waals surface area contributed by atoms with Crippen molar-refractivity contribution < 1.29 is 4.39 Å². The van der Waals surface area contributed by atoms with Crippen molar-refractivity contribution in [1.82, 2.24) is 4.98 Å². The minimum Gasteiger partial charge on any atom is -0.388 e. The van der Waals surface area contributed by atoms with Crippen LogP contribution in [-0.2, 0) is 6.54 Å². The molecule has 0 aliphatic carbocycles. The molecule has 98 valence electrons. The molecule has 1 heterocycles. The number of benzene rings is 1. The van der Waals surface area contributed by atoms with Crippen LogP contribution < -0.4 is 10.6 Å². The van der Waals surface area contributed by atoms with Crippen molar-refractivity contribution in [3.63, 3.8) is 0 Å². The summed E-state index contributed by atoms with van der Waals surface area (Å²) >= 11 is 4.90. The number of pyridine rings is 1. The molecule has 0 saturated carbocycles. The maximum Gasteiger partial charge on any atom is 0.125 e. The fraction of sp³-hybridized carbons (Fsp3) is 0.143. The molecule has 2 N–H and O–H groups in total. The molecule has 0 atom stereocenters. The highest BCUT2D eigenvalue weighted by molar-refractivity contribution is 7.80. The first kappa shape index (κ1) is 13.4. The molecule has 1 aromatic carbocycles. The van der Waals surface area contributed by atoms with Gasteiger partial charge in [-0.15, -0.1) is 0 Å². The summed E-state index contributed by atoms with van der Waals surface area (Å²) in [5.41, 5.74) is 7.98. The van der Waals surface area contributed by atoms with E-state index in [0.717, 1.165) is 11.3 Å². The fourth-order valence-corrected chi connectivity index (χ4v) is 1.90. The number of halogens is 1. The summed E-state index contributed by atoms with van der Waals surface area (Å²) in [7, 11) is 1.90. The fourth-order valence-electron chi connectivity index (χ4n) is 1.79. The number of rotatable bonds is 4. The normalized spacial score (nSPS) is 10.2. The molecule has 0 amide bonds. The number of nitrogens with two attached hydrogens (primary N) is 1. The van der Waals surface area contributed by atoms with Gasteiger partial charge < -0.3 is 10.6 Å². The number of anilines is 1. The van der Waals surface area contributed by atoms with E-state index in [1.807, 2.05) is 30.1 Å². The molecule has 2 aromatic rings. The minimum atomic E-state index is -0.247. The molecule has 0 bridgehead atoms. The highest BCUT2D eigenvalue weighted by Crippen LogP contribution is 2.16. The van der Waals surface area contributed by atoms with Crippen molar-refractivity contribution in [1.29, 1.82) is 0 Å². The Bertz CT molecular complexity index is 601. The van der Waals surface area contributed by atoms with E-state index in [9.17, 15) is 4.39 Å². The summed E-state index contributed by atoms with van der Waals surface area (Å²) < 4.78 is 13.2. The third-order valence-corrected chi connectivity index (χ3v) is 2.95. The second-order valence-corrected chi connectivity index (χ2v) is 4.69. The highest BCUT2D eigenvalue weighted by Gasteiger charge is 2.05. The minimum absolute atomic E-state index is 0.247. The monoisotopic (exact) mass is 275 g/mol. The van der Waals surface area contributed by atoms with E-state index in [0.29, 0.717) is 12.2 Å². The number of nitrogens with zero attached hydrogens (tertiary/aromatic N) is 2. The van der Waals surface area contributed by atoms with Gasteiger partial charge in [0.05, 0.1) is 5.69 Å². The van der Waals surface area contributed by atoms with E-state index in [1.165, 1.54) is 12.1 Å². The first-order chi connectivity index (χ1) is 9.06. The second-order valence-electron chi connectivity index (χ2n) is 4.25. The van der Waals surface area contributed by atoms with Gasteiger partial charge in [-0.3, -0.25) is 4.98 Å². The molecule has 19 heavy (non-hydrogen) atoms. The van der Waals surface area contributed by atoms with Crippen molar-refractivity contribution in [3.8, 4) is 0 Å². The quantitative estimate of drug-likeness (QED) is 0.871. The molecule has 0 spiro atoms. The van der Waals surface area contributed by atoms with Gasteiger partial charge in [-0.25, -0.2) is 4.39 Å². The van der Waals surface area contributed by atoms with Gasteiger partial charge in [0, 0.05) is 25.5 Å². The van der Waals surface area contributed by atoms with Gasteiger partial charge in [-0.05, 0) is 35.9 Å². The molecular weight excluding hydrogens is 261 g/mol. The zero-order chi connectivity index (χ0) is 13.8. The lowest BCUT2D eigenvalue weighted by molar-refractivity contribution is 0.627. The Hall–Kier alpha value is -2.01. The molecule has 5 heteroatoms. The van der Waals surface area contributed by atoms with Crippen LogP contribution in [0.1, 0.15) is 11.3 Å². The molecule has 0 fully saturated rings. The largest absolute Gasteiger partial charge is 0.388 e. The van der Waals surface area contributed by atoms with Crippen LogP contribution in [0.15, 0.2) is 42.6 Å². The van der Waals surface area contributed by atoms with Gasteiger partial charge in [0.25, 0.3) is 0 Å². The Kier molecular flexibility index (Phi) is 4.06. The molecule has 0 radical (unpaired) electrons. The summed E-state index contributed by atoms with van der Waals surface area (Å²) in [4.78, 5) is 6.31. The first-order valence-electron chi connectivity index (χ1n) is 5.77. The van der Waals surface area contributed by atoms with Crippen molar-refractivity contribution in [2.45, 2.75) is 6.54 Å². The van der Waals surface area contributed by atoms with Crippen LogP contribution >= 0.6 is 12.2 Å². The maximum absolute atomic E-state index is 13.2. The van der Waals surface area contributed by atoms with E-state index in [2.05, 4.69) is 4.98 Å². The topological polar surface area (TPSA) is 42.2 Å². The predicted octanol–water partition coefficient (Wildman–Crippen LogP) is 2.49. The average molecular weight is 275 g/mol. The van der Waals surface area contributed by atoms with Gasteiger partial charge in [-0.1, -0.05) is 18.3 Å². The summed E-state index contributed by atoms with van der Waals surface area (Å²) in [5.74, 6) is -0.247. The lowest BCUT2D eigenvalue weighted by Crippen LogP contribution is -2.18. The van der Waals surface area contributed by atoms with Crippen molar-refractivity contribution in [2.24, 2.45) is 5.73 Å². The lowest BCUT2D eigenvalue weighted by atomic mass is 10.2. The maximum atomic E-state index is 13.2.